The summed E-state index contributed by atoms with van der Waals surface area (Å²) in [5.41, 5.74) is 0.407. The molecular weight excluding hydrogens is 442 g/mol. The van der Waals surface area contributed by atoms with E-state index >= 15 is 0 Å². The van der Waals surface area contributed by atoms with Gasteiger partial charge in [-0.3, -0.25) is 19.3 Å². The van der Waals surface area contributed by atoms with Gasteiger partial charge >= 0.3 is 0 Å². The average molecular weight is 474 g/mol. The highest BCUT2D eigenvalue weighted by atomic mass is 32.2. The van der Waals surface area contributed by atoms with Crippen LogP contribution < -0.4 is 5.32 Å². The van der Waals surface area contributed by atoms with E-state index in [1.165, 1.54) is 35.5 Å². The van der Waals surface area contributed by atoms with E-state index in [-0.39, 0.29) is 28.5 Å². The number of benzene rings is 1. The minimum absolute atomic E-state index is 0.177. The van der Waals surface area contributed by atoms with E-state index < -0.39 is 22.0 Å². The van der Waals surface area contributed by atoms with E-state index in [0.29, 0.717) is 43.5 Å². The first-order valence-electron chi connectivity index (χ1n) is 11.5. The quantitative estimate of drug-likeness (QED) is 0.523. The van der Waals surface area contributed by atoms with E-state index in [1.807, 2.05) is 12.2 Å². The normalized spacial score (nSPS) is 29.1. The van der Waals surface area contributed by atoms with Crippen molar-refractivity contribution in [1.29, 1.82) is 0 Å². The molecule has 3 amide bonds. The molecule has 2 heterocycles. The fourth-order valence-corrected chi connectivity index (χ4v) is 6.91. The molecular formula is C24H31N3O5S. The van der Waals surface area contributed by atoms with E-state index in [1.54, 1.807) is 0 Å². The van der Waals surface area contributed by atoms with Gasteiger partial charge in [-0.2, -0.15) is 4.31 Å². The molecule has 3 aliphatic rings. The van der Waals surface area contributed by atoms with Gasteiger partial charge in [-0.15, -0.1) is 0 Å². The lowest BCUT2D eigenvalue weighted by Crippen LogP contribution is -2.46. The minimum Gasteiger partial charge on any atom is -0.324 e. The van der Waals surface area contributed by atoms with Gasteiger partial charge in [0.1, 0.15) is 6.04 Å². The number of carbonyl (C=O) groups excluding carboxylic acids is 3. The molecule has 0 aromatic heterocycles. The van der Waals surface area contributed by atoms with E-state index in [4.69, 9.17) is 0 Å². The van der Waals surface area contributed by atoms with Crippen LogP contribution in [0.15, 0.2) is 41.3 Å². The number of allylic oxidation sites excluding steroid dienone is 2. The van der Waals surface area contributed by atoms with Crippen molar-refractivity contribution < 1.29 is 22.8 Å². The highest BCUT2D eigenvalue weighted by Crippen LogP contribution is 2.36. The van der Waals surface area contributed by atoms with Gasteiger partial charge in [0.2, 0.25) is 27.7 Å². The Bertz CT molecular complexity index is 1050. The summed E-state index contributed by atoms with van der Waals surface area (Å²) in [5.74, 6) is -1.26. The standard InChI is InChI=1S/C24H31N3O5S/c1-15-12-16(2)14-26(13-15)33(31,32)19-10-8-18(9-11-19)25-22(28)17(3)27-23(29)20-6-4-5-7-21(20)24(27)30/h4-5,8-11,15-17,20-21H,6-7,12-14H2,1-3H3,(H,25,28)/t15-,16+,17-,20-,21+/m0/s1. The number of hydrogen-bond acceptors (Lipinski definition) is 5. The summed E-state index contributed by atoms with van der Waals surface area (Å²) < 4.78 is 27.6. The minimum atomic E-state index is -3.61. The average Bonchev–Trinajstić information content (AvgIpc) is 3.03. The van der Waals surface area contributed by atoms with Crippen molar-refractivity contribution >= 4 is 33.4 Å². The number of amides is 3. The summed E-state index contributed by atoms with van der Waals surface area (Å²) in [6, 6.07) is 5.07. The molecule has 0 spiro atoms. The van der Waals surface area contributed by atoms with E-state index in [9.17, 15) is 22.8 Å². The molecule has 0 radical (unpaired) electrons. The van der Waals surface area contributed by atoms with Gasteiger partial charge in [0, 0.05) is 18.8 Å². The van der Waals surface area contributed by atoms with Crippen LogP contribution in [0.3, 0.4) is 0 Å². The molecule has 4 rings (SSSR count). The molecule has 1 N–H and O–H groups in total. The first-order valence-corrected chi connectivity index (χ1v) is 13.0. The van der Waals surface area contributed by atoms with Crippen molar-refractivity contribution in [2.75, 3.05) is 18.4 Å². The third-order valence-corrected chi connectivity index (χ3v) is 8.75. The van der Waals surface area contributed by atoms with Crippen LogP contribution in [0.1, 0.15) is 40.0 Å². The highest BCUT2D eigenvalue weighted by molar-refractivity contribution is 7.89. The molecule has 0 saturated carbocycles. The summed E-state index contributed by atoms with van der Waals surface area (Å²) in [5, 5.41) is 2.70. The molecule has 9 heteroatoms. The second-order valence-electron chi connectivity index (χ2n) is 9.66. The monoisotopic (exact) mass is 473 g/mol. The molecule has 1 aliphatic carbocycles. The SMILES string of the molecule is C[C@@H]1C[C@H](C)CN(S(=O)(=O)c2ccc(NC(=O)[C@H](C)N3C(=O)[C@H]4CC=CC[C@H]4C3=O)cc2)C1. The largest absolute Gasteiger partial charge is 0.324 e. The van der Waals surface area contributed by atoms with Gasteiger partial charge in [-0.05, 0) is 62.3 Å². The van der Waals surface area contributed by atoms with Crippen molar-refractivity contribution in [1.82, 2.24) is 9.21 Å². The molecule has 8 nitrogen and oxygen atoms in total. The highest BCUT2D eigenvalue weighted by Gasteiger charge is 2.50. The zero-order valence-electron chi connectivity index (χ0n) is 19.2. The molecule has 1 aromatic rings. The summed E-state index contributed by atoms with van der Waals surface area (Å²) >= 11 is 0. The molecule has 2 fully saturated rings. The predicted octanol–water partition coefficient (Wildman–Crippen LogP) is 2.63. The first-order chi connectivity index (χ1) is 15.6. The van der Waals surface area contributed by atoms with Crippen molar-refractivity contribution in [3.8, 4) is 0 Å². The lowest BCUT2D eigenvalue weighted by molar-refractivity contribution is -0.146. The van der Waals surface area contributed by atoms with Crippen molar-refractivity contribution in [3.63, 3.8) is 0 Å². The molecule has 1 aromatic carbocycles. The van der Waals surface area contributed by atoms with Crippen LogP contribution in [-0.2, 0) is 24.4 Å². The zero-order valence-corrected chi connectivity index (χ0v) is 20.0. The number of carbonyl (C=O) groups is 3. The Hall–Kier alpha value is -2.52. The zero-order chi connectivity index (χ0) is 23.9. The maximum atomic E-state index is 13.0. The molecule has 2 aliphatic heterocycles. The molecule has 0 unspecified atom stereocenters. The van der Waals surface area contributed by atoms with Crippen LogP contribution in [0.5, 0.6) is 0 Å². The topological polar surface area (TPSA) is 104 Å². The van der Waals surface area contributed by atoms with Crippen LogP contribution in [0.25, 0.3) is 0 Å². The lowest BCUT2D eigenvalue weighted by Gasteiger charge is -2.34. The maximum Gasteiger partial charge on any atom is 0.247 e. The van der Waals surface area contributed by atoms with Gasteiger partial charge in [0.25, 0.3) is 0 Å². The number of hydrogen-bond donors (Lipinski definition) is 1. The van der Waals surface area contributed by atoms with Gasteiger partial charge in [0.05, 0.1) is 16.7 Å². The molecule has 178 valence electrons. The van der Waals surface area contributed by atoms with Gasteiger partial charge in [-0.1, -0.05) is 26.0 Å². The summed E-state index contributed by atoms with van der Waals surface area (Å²) in [7, 11) is -3.61. The third kappa shape index (κ3) is 4.48. The maximum absolute atomic E-state index is 13.0. The number of rotatable bonds is 5. The number of sulfonamides is 1. The number of nitrogens with zero attached hydrogens (tertiary/aromatic N) is 2. The van der Waals surface area contributed by atoms with Gasteiger partial charge < -0.3 is 5.32 Å². The number of imide groups is 1. The Morgan fingerprint density at radius 1 is 0.970 bits per heavy atom. The van der Waals surface area contributed by atoms with Crippen LogP contribution >= 0.6 is 0 Å². The fraction of sp³-hybridized carbons (Fsp3) is 0.542. The summed E-state index contributed by atoms with van der Waals surface area (Å²) in [6.07, 6.45) is 5.85. The fourth-order valence-electron chi connectivity index (χ4n) is 5.23. The Kier molecular flexibility index (Phi) is 6.46. The summed E-state index contributed by atoms with van der Waals surface area (Å²) in [4.78, 5) is 39.5. The molecule has 33 heavy (non-hydrogen) atoms. The number of nitrogens with one attached hydrogen (secondary N) is 1. The number of anilines is 1. The van der Waals surface area contributed by atoms with Crippen molar-refractivity contribution in [2.45, 2.75) is 51.0 Å². The Morgan fingerprint density at radius 2 is 1.48 bits per heavy atom. The predicted molar refractivity (Wildman–Crippen MR) is 123 cm³/mol. The Morgan fingerprint density at radius 3 is 2.00 bits per heavy atom. The number of likely N-dealkylation sites (tertiary alicyclic amines) is 1. The van der Waals surface area contributed by atoms with Crippen LogP contribution in [0.4, 0.5) is 5.69 Å². The number of piperidine rings is 1. The molecule has 2 saturated heterocycles. The first kappa shape index (κ1) is 23.6. The third-order valence-electron chi connectivity index (χ3n) is 6.90. The van der Waals surface area contributed by atoms with Crippen LogP contribution in [0, 0.1) is 23.7 Å². The second kappa shape index (κ2) is 9.02. The smallest absolute Gasteiger partial charge is 0.247 e. The lowest BCUT2D eigenvalue weighted by atomic mass is 9.85. The van der Waals surface area contributed by atoms with E-state index in [0.717, 1.165) is 11.3 Å². The second-order valence-corrected chi connectivity index (χ2v) is 11.6. The van der Waals surface area contributed by atoms with Crippen molar-refractivity contribution in [2.24, 2.45) is 23.7 Å². The van der Waals surface area contributed by atoms with Gasteiger partial charge in [0.15, 0.2) is 0 Å². The van der Waals surface area contributed by atoms with Crippen molar-refractivity contribution in [3.05, 3.63) is 36.4 Å². The Labute approximate surface area is 195 Å². The Balaban J connectivity index is 1.43. The van der Waals surface area contributed by atoms with Gasteiger partial charge in [-0.25, -0.2) is 8.42 Å². The van der Waals surface area contributed by atoms with Crippen LogP contribution in [0.2, 0.25) is 0 Å². The molecule has 5 atom stereocenters. The molecule has 0 bridgehead atoms. The number of fused-ring (bicyclic) bond motifs is 1. The van der Waals surface area contributed by atoms with E-state index in [2.05, 4.69) is 19.2 Å². The van der Waals surface area contributed by atoms with Crippen LogP contribution in [-0.4, -0.2) is 54.5 Å². The summed E-state index contributed by atoms with van der Waals surface area (Å²) in [6.45, 7) is 6.64.